The average Bonchev–Trinajstić information content (AvgIpc) is 2.63. The number of nitrogens with zero attached hydrogens (tertiary/aromatic N) is 3. The molecule has 2 heterocycles. The second kappa shape index (κ2) is 7.28. The molecule has 132 valence electrons. The Bertz CT molecular complexity index is 855. The summed E-state index contributed by atoms with van der Waals surface area (Å²) in [4.78, 5) is 11.6. The Hall–Kier alpha value is -2.32. The van der Waals surface area contributed by atoms with E-state index in [-0.39, 0.29) is 23.3 Å². The first-order valence-electron chi connectivity index (χ1n) is 8.02. The third kappa shape index (κ3) is 4.02. The number of ether oxygens (including phenoxy) is 1. The van der Waals surface area contributed by atoms with Gasteiger partial charge in [0.2, 0.25) is 15.9 Å². The predicted octanol–water partition coefficient (Wildman–Crippen LogP) is 1.91. The first-order chi connectivity index (χ1) is 12.0. The van der Waals surface area contributed by atoms with Crippen LogP contribution in [0.2, 0.25) is 0 Å². The Balaban J connectivity index is 1.78. The minimum absolute atomic E-state index is 0.125. The fourth-order valence-corrected chi connectivity index (χ4v) is 4.32. The Morgan fingerprint density at radius 3 is 2.84 bits per heavy atom. The third-order valence-corrected chi connectivity index (χ3v) is 5.92. The maximum Gasteiger partial charge on any atom is 0.243 e. The molecule has 1 unspecified atom stereocenters. The lowest BCUT2D eigenvalue weighted by molar-refractivity contribution is 0.101. The molecule has 7 nitrogen and oxygen atoms in total. The van der Waals surface area contributed by atoms with Gasteiger partial charge in [-0.05, 0) is 38.0 Å². The lowest BCUT2D eigenvalue weighted by Crippen LogP contribution is -2.44. The van der Waals surface area contributed by atoms with E-state index in [2.05, 4.69) is 10.2 Å². The van der Waals surface area contributed by atoms with Crippen molar-refractivity contribution in [3.8, 4) is 5.88 Å². The van der Waals surface area contributed by atoms with E-state index in [0.29, 0.717) is 24.4 Å². The highest BCUT2D eigenvalue weighted by Gasteiger charge is 2.31. The smallest absolute Gasteiger partial charge is 0.243 e. The molecule has 1 aromatic heterocycles. The van der Waals surface area contributed by atoms with Gasteiger partial charge in [0, 0.05) is 24.4 Å². The summed E-state index contributed by atoms with van der Waals surface area (Å²) in [5.74, 6) is 0.213. The van der Waals surface area contributed by atoms with Crippen LogP contribution in [0.3, 0.4) is 0 Å². The molecule has 0 bridgehead atoms. The Kier molecular flexibility index (Phi) is 5.10. The van der Waals surface area contributed by atoms with Crippen molar-refractivity contribution in [3.05, 3.63) is 48.2 Å². The van der Waals surface area contributed by atoms with E-state index >= 15 is 0 Å². The van der Waals surface area contributed by atoms with Crippen molar-refractivity contribution in [1.29, 1.82) is 0 Å². The van der Waals surface area contributed by atoms with E-state index < -0.39 is 10.0 Å². The quantitative estimate of drug-likeness (QED) is 0.756. The van der Waals surface area contributed by atoms with Gasteiger partial charge in [-0.1, -0.05) is 12.1 Å². The van der Waals surface area contributed by atoms with E-state index in [1.165, 1.54) is 23.4 Å². The van der Waals surface area contributed by atoms with Crippen LogP contribution in [-0.2, 0) is 10.0 Å². The molecular formula is C17H19N3O4S. The lowest BCUT2D eigenvalue weighted by atomic mass is 10.1. The molecule has 0 amide bonds. The number of rotatable bonds is 5. The molecule has 0 N–H and O–H groups in total. The molecule has 3 rings (SSSR count). The molecule has 1 aromatic carbocycles. The second-order valence-electron chi connectivity index (χ2n) is 5.89. The van der Waals surface area contributed by atoms with Crippen molar-refractivity contribution in [2.75, 3.05) is 13.1 Å². The number of hydrogen-bond donors (Lipinski definition) is 0. The molecule has 1 atom stereocenters. The number of ketones is 1. The number of benzene rings is 1. The summed E-state index contributed by atoms with van der Waals surface area (Å²) in [6.07, 6.45) is 2.70. The Morgan fingerprint density at radius 1 is 1.28 bits per heavy atom. The molecule has 1 aliphatic rings. The van der Waals surface area contributed by atoms with Crippen LogP contribution in [0, 0.1) is 0 Å². The summed E-state index contributed by atoms with van der Waals surface area (Å²) in [7, 11) is -3.68. The highest BCUT2D eigenvalue weighted by molar-refractivity contribution is 7.89. The van der Waals surface area contributed by atoms with E-state index in [1.54, 1.807) is 30.5 Å². The van der Waals surface area contributed by atoms with Crippen LogP contribution in [0.1, 0.15) is 30.1 Å². The molecule has 1 fully saturated rings. The second-order valence-corrected chi connectivity index (χ2v) is 7.83. The molecule has 25 heavy (non-hydrogen) atoms. The maximum atomic E-state index is 12.9. The van der Waals surface area contributed by atoms with Gasteiger partial charge in [-0.25, -0.2) is 8.42 Å². The fraction of sp³-hybridized carbons (Fsp3) is 0.353. The molecule has 0 radical (unpaired) electrons. The van der Waals surface area contributed by atoms with Gasteiger partial charge in [0.05, 0.1) is 11.4 Å². The molecule has 2 aromatic rings. The number of carbonyl (C=O) groups is 1. The number of piperidine rings is 1. The normalized spacial score (nSPS) is 18.7. The van der Waals surface area contributed by atoms with Gasteiger partial charge < -0.3 is 4.74 Å². The van der Waals surface area contributed by atoms with Gasteiger partial charge in [-0.2, -0.15) is 9.40 Å². The molecule has 8 heteroatoms. The highest BCUT2D eigenvalue weighted by Crippen LogP contribution is 2.23. The van der Waals surface area contributed by atoms with Crippen LogP contribution in [-0.4, -0.2) is 47.9 Å². The SMILES string of the molecule is CC(=O)c1cccc(S(=O)(=O)N2CCCC(Oc3cccnn3)C2)c1. The summed E-state index contributed by atoms with van der Waals surface area (Å²) in [6.45, 7) is 2.08. The van der Waals surface area contributed by atoms with Gasteiger partial charge >= 0.3 is 0 Å². The van der Waals surface area contributed by atoms with Crippen molar-refractivity contribution in [2.45, 2.75) is 30.8 Å². The van der Waals surface area contributed by atoms with Gasteiger partial charge in [0.1, 0.15) is 6.10 Å². The molecule has 0 aliphatic carbocycles. The first-order valence-corrected chi connectivity index (χ1v) is 9.46. The number of carbonyl (C=O) groups excluding carboxylic acids is 1. The van der Waals surface area contributed by atoms with E-state index in [0.717, 1.165) is 6.42 Å². The van der Waals surface area contributed by atoms with Gasteiger partial charge in [0.25, 0.3) is 0 Å². The van der Waals surface area contributed by atoms with Gasteiger partial charge in [0.15, 0.2) is 5.78 Å². The zero-order valence-electron chi connectivity index (χ0n) is 13.8. The zero-order chi connectivity index (χ0) is 17.9. The van der Waals surface area contributed by atoms with Crippen LogP contribution in [0.5, 0.6) is 5.88 Å². The monoisotopic (exact) mass is 361 g/mol. The van der Waals surface area contributed by atoms with E-state index in [1.807, 2.05) is 0 Å². The Morgan fingerprint density at radius 2 is 2.12 bits per heavy atom. The molecule has 1 aliphatic heterocycles. The molecule has 1 saturated heterocycles. The van der Waals surface area contributed by atoms with Crippen molar-refractivity contribution in [3.63, 3.8) is 0 Å². The van der Waals surface area contributed by atoms with Gasteiger partial charge in [-0.3, -0.25) is 4.79 Å². The first kappa shape index (κ1) is 17.5. The summed E-state index contributed by atoms with van der Waals surface area (Å²) < 4.78 is 32.9. The number of sulfonamides is 1. The van der Waals surface area contributed by atoms with Crippen molar-refractivity contribution >= 4 is 15.8 Å². The van der Waals surface area contributed by atoms with E-state index in [9.17, 15) is 13.2 Å². The van der Waals surface area contributed by atoms with Crippen LogP contribution in [0.25, 0.3) is 0 Å². The van der Waals surface area contributed by atoms with Crippen molar-refractivity contribution in [2.24, 2.45) is 0 Å². The summed E-state index contributed by atoms with van der Waals surface area (Å²) in [5.41, 5.74) is 0.380. The standard InChI is InChI=1S/C17H19N3O4S/c1-13(21)14-5-2-7-16(11-14)25(22,23)20-10-4-6-15(12-20)24-17-8-3-9-18-19-17/h2-3,5,7-9,11,15H,4,6,10,12H2,1H3. The summed E-state index contributed by atoms with van der Waals surface area (Å²) >= 11 is 0. The van der Waals surface area contributed by atoms with Crippen LogP contribution in [0.15, 0.2) is 47.5 Å². The highest BCUT2D eigenvalue weighted by atomic mass is 32.2. The average molecular weight is 361 g/mol. The summed E-state index contributed by atoms with van der Waals surface area (Å²) in [6, 6.07) is 9.53. The number of Topliss-reactive ketones (excluding diaryl/α,β-unsaturated/α-hetero) is 1. The van der Waals surface area contributed by atoms with Gasteiger partial charge in [-0.15, -0.1) is 5.10 Å². The fourth-order valence-electron chi connectivity index (χ4n) is 2.77. The molecule has 0 saturated carbocycles. The summed E-state index contributed by atoms with van der Waals surface area (Å²) in [5, 5.41) is 7.62. The Labute approximate surface area is 146 Å². The lowest BCUT2D eigenvalue weighted by Gasteiger charge is -2.31. The zero-order valence-corrected chi connectivity index (χ0v) is 14.6. The third-order valence-electron chi connectivity index (χ3n) is 4.05. The molecular weight excluding hydrogens is 342 g/mol. The maximum absolute atomic E-state index is 12.9. The predicted molar refractivity (Wildman–Crippen MR) is 90.9 cm³/mol. The number of hydrogen-bond acceptors (Lipinski definition) is 6. The minimum atomic E-state index is -3.68. The molecule has 0 spiro atoms. The largest absolute Gasteiger partial charge is 0.472 e. The van der Waals surface area contributed by atoms with E-state index in [4.69, 9.17) is 4.74 Å². The van der Waals surface area contributed by atoms with Crippen molar-refractivity contribution < 1.29 is 17.9 Å². The topological polar surface area (TPSA) is 89.5 Å². The number of aromatic nitrogens is 2. The van der Waals surface area contributed by atoms with Crippen LogP contribution < -0.4 is 4.74 Å². The van der Waals surface area contributed by atoms with Crippen LogP contribution in [0.4, 0.5) is 0 Å². The van der Waals surface area contributed by atoms with Crippen molar-refractivity contribution in [1.82, 2.24) is 14.5 Å². The van der Waals surface area contributed by atoms with Crippen LogP contribution >= 0.6 is 0 Å². The minimum Gasteiger partial charge on any atom is -0.472 e.